The zero-order chi connectivity index (χ0) is 21.7. The molecule has 5 rings (SSSR count). The zero-order valence-corrected chi connectivity index (χ0v) is 18.7. The van der Waals surface area contributed by atoms with Gasteiger partial charge in [-0.3, -0.25) is 0 Å². The molecule has 154 valence electrons. The third kappa shape index (κ3) is 3.29. The van der Waals surface area contributed by atoms with Crippen LogP contribution in [0.4, 0.5) is 10.5 Å². The lowest BCUT2D eigenvalue weighted by atomic mass is 10.0. The third-order valence-electron chi connectivity index (χ3n) is 5.82. The van der Waals surface area contributed by atoms with Crippen LogP contribution in [0.25, 0.3) is 0 Å². The van der Waals surface area contributed by atoms with E-state index in [1.54, 1.807) is 16.7 Å². The number of carbonyl (C=O) groups is 2. The molecule has 0 aromatic heterocycles. The van der Waals surface area contributed by atoms with Crippen molar-refractivity contribution < 1.29 is 14.2 Å². The highest BCUT2D eigenvalue weighted by Crippen LogP contribution is 2.41. The quantitative estimate of drug-likeness (QED) is 0.490. The van der Waals surface area contributed by atoms with Crippen molar-refractivity contribution in [2.24, 2.45) is 0 Å². The number of thioether (sulfide) groups is 1. The summed E-state index contributed by atoms with van der Waals surface area (Å²) < 4.78 is 1.76. The van der Waals surface area contributed by atoms with Gasteiger partial charge in [0, 0.05) is 21.5 Å². The van der Waals surface area contributed by atoms with Crippen molar-refractivity contribution in [3.05, 3.63) is 94.0 Å². The first-order valence-corrected chi connectivity index (χ1v) is 11.3. The van der Waals surface area contributed by atoms with E-state index in [9.17, 15) is 9.59 Å². The molecule has 4 nitrogen and oxygen atoms in total. The van der Waals surface area contributed by atoms with Gasteiger partial charge in [0.25, 0.3) is 0 Å². The van der Waals surface area contributed by atoms with Crippen molar-refractivity contribution in [1.82, 2.24) is 0 Å². The minimum absolute atomic E-state index is 0.229. The van der Waals surface area contributed by atoms with Crippen molar-refractivity contribution in [1.29, 1.82) is 0 Å². The van der Waals surface area contributed by atoms with Crippen molar-refractivity contribution in [3.8, 4) is 0 Å². The second kappa shape index (κ2) is 7.66. The van der Waals surface area contributed by atoms with Gasteiger partial charge in [-0.1, -0.05) is 54.1 Å². The molecule has 1 unspecified atom stereocenters. The van der Waals surface area contributed by atoms with Gasteiger partial charge < -0.3 is 0 Å². The average molecular weight is 448 g/mol. The summed E-state index contributed by atoms with van der Waals surface area (Å²) in [6.07, 6.45) is 0. The van der Waals surface area contributed by atoms with Gasteiger partial charge in [0.1, 0.15) is 17.9 Å². The minimum atomic E-state index is -0.475. The Morgan fingerprint density at radius 1 is 0.968 bits per heavy atom. The van der Waals surface area contributed by atoms with Gasteiger partial charge in [-0.05, 0) is 48.7 Å². The molecule has 0 saturated carbocycles. The molecule has 0 saturated heterocycles. The van der Waals surface area contributed by atoms with Gasteiger partial charge in [0.15, 0.2) is 5.25 Å². The first kappa shape index (κ1) is 20.0. The molecule has 1 atom stereocenters. The van der Waals surface area contributed by atoms with E-state index in [4.69, 9.17) is 11.6 Å². The van der Waals surface area contributed by atoms with Crippen molar-refractivity contribution >= 4 is 46.7 Å². The molecule has 0 fully saturated rings. The summed E-state index contributed by atoms with van der Waals surface area (Å²) in [4.78, 5) is 29.7. The Balaban J connectivity index is 1.71. The number of imide groups is 1. The number of hydrogen-bond donors (Lipinski definition) is 0. The number of fused-ring (bicyclic) bond motifs is 3. The van der Waals surface area contributed by atoms with Crippen LogP contribution in [-0.2, 0) is 11.3 Å². The molecule has 2 aliphatic heterocycles. The predicted octanol–water partition coefficient (Wildman–Crippen LogP) is 5.60. The molecule has 3 aromatic carbocycles. The number of benzene rings is 3. The summed E-state index contributed by atoms with van der Waals surface area (Å²) in [6.45, 7) is 4.32. The number of urea groups is 1. The molecule has 0 aliphatic carbocycles. The third-order valence-corrected chi connectivity index (χ3v) is 7.32. The second-order valence-electron chi connectivity index (χ2n) is 7.78. The first-order chi connectivity index (χ1) is 15.0. The molecule has 2 heterocycles. The molecule has 0 radical (unpaired) electrons. The lowest BCUT2D eigenvalue weighted by Gasteiger charge is -2.25. The van der Waals surface area contributed by atoms with Crippen LogP contribution in [0.1, 0.15) is 22.3 Å². The largest absolute Gasteiger partial charge is 0.506 e. The number of rotatable bonds is 3. The summed E-state index contributed by atoms with van der Waals surface area (Å²) in [5, 5.41) is 0.0151. The second-order valence-corrected chi connectivity index (χ2v) is 9.36. The van der Waals surface area contributed by atoms with Crippen LogP contribution in [0.2, 0.25) is 5.02 Å². The van der Waals surface area contributed by atoms with Crippen LogP contribution in [0, 0.1) is 13.8 Å². The summed E-state index contributed by atoms with van der Waals surface area (Å²) in [6, 6.07) is 20.9. The Hall–Kier alpha value is -2.89. The highest BCUT2D eigenvalue weighted by atomic mass is 35.5. The van der Waals surface area contributed by atoms with Crippen LogP contribution in [0.3, 0.4) is 0 Å². The van der Waals surface area contributed by atoms with E-state index in [-0.39, 0.29) is 11.9 Å². The molecular weight excluding hydrogens is 428 g/mol. The number of anilines is 1. The van der Waals surface area contributed by atoms with Gasteiger partial charge in [-0.2, -0.15) is 9.37 Å². The summed E-state index contributed by atoms with van der Waals surface area (Å²) >= 11 is 7.73. The van der Waals surface area contributed by atoms with Crippen LogP contribution < -0.4 is 4.90 Å². The van der Waals surface area contributed by atoms with Gasteiger partial charge in [-0.25, -0.2) is 4.79 Å². The van der Waals surface area contributed by atoms with Gasteiger partial charge in [0.2, 0.25) is 0 Å². The molecular formula is C25H20ClN2O2S+. The Bertz CT molecular complexity index is 1280. The maximum Gasteiger partial charge on any atom is 0.506 e. The number of carbonyl (C=O) groups excluding carboxylic acids is 2. The molecule has 3 aromatic rings. The van der Waals surface area contributed by atoms with E-state index in [2.05, 4.69) is 0 Å². The summed E-state index contributed by atoms with van der Waals surface area (Å²) in [5.74, 6) is -0.229. The Labute approximate surface area is 190 Å². The van der Waals surface area contributed by atoms with E-state index in [0.717, 1.165) is 32.9 Å². The number of aryl methyl sites for hydroxylation is 2. The topological polar surface area (TPSA) is 40.4 Å². The fraction of sp³-hybridized carbons (Fsp3) is 0.160. The summed E-state index contributed by atoms with van der Waals surface area (Å²) in [7, 11) is 0. The Morgan fingerprint density at radius 3 is 2.52 bits per heavy atom. The average Bonchev–Trinajstić information content (AvgIpc) is 3.15. The SMILES string of the molecule is Cc1ccccc1C[N+]1=C2c3ccccc3SC2C(=O)N(c2cc(Cl)ccc2C)C1=O. The van der Waals surface area contributed by atoms with Crippen molar-refractivity contribution in [3.63, 3.8) is 0 Å². The van der Waals surface area contributed by atoms with Crippen LogP contribution >= 0.6 is 23.4 Å². The van der Waals surface area contributed by atoms with E-state index in [1.165, 1.54) is 16.7 Å². The van der Waals surface area contributed by atoms with E-state index in [0.29, 0.717) is 17.3 Å². The lowest BCUT2D eigenvalue weighted by Crippen LogP contribution is -2.55. The number of hydrogen-bond acceptors (Lipinski definition) is 3. The standard InChI is InChI=1S/C25H20ClN2O2S/c1-15-7-3-4-8-17(15)14-27-22-19-9-5-6-10-21(19)31-23(22)24(29)28(25(27)30)20-13-18(26)12-11-16(20)2/h3-13,23H,14H2,1-2H3/q+1. The molecule has 0 N–H and O–H groups in total. The minimum Gasteiger partial charge on any atom is -0.244 e. The van der Waals surface area contributed by atoms with Crippen molar-refractivity contribution in [2.45, 2.75) is 30.5 Å². The van der Waals surface area contributed by atoms with Crippen molar-refractivity contribution in [2.75, 3.05) is 4.90 Å². The van der Waals surface area contributed by atoms with Gasteiger partial charge in [-0.15, -0.1) is 16.7 Å². The fourth-order valence-electron chi connectivity index (χ4n) is 4.15. The first-order valence-electron chi connectivity index (χ1n) is 10.0. The van der Waals surface area contributed by atoms with Crippen LogP contribution in [0.15, 0.2) is 71.6 Å². The fourth-order valence-corrected chi connectivity index (χ4v) is 5.60. The molecule has 31 heavy (non-hydrogen) atoms. The molecule has 0 bridgehead atoms. The van der Waals surface area contributed by atoms with Gasteiger partial charge in [0.05, 0.1) is 0 Å². The molecule has 3 amide bonds. The lowest BCUT2D eigenvalue weighted by molar-refractivity contribution is -0.444. The van der Waals surface area contributed by atoms with E-state index < -0.39 is 5.25 Å². The number of amides is 3. The van der Waals surface area contributed by atoms with E-state index in [1.807, 2.05) is 68.4 Å². The van der Waals surface area contributed by atoms with Gasteiger partial charge >= 0.3 is 11.9 Å². The smallest absolute Gasteiger partial charge is 0.244 e. The molecule has 6 heteroatoms. The maximum absolute atomic E-state index is 13.8. The normalized spacial score (nSPS) is 17.8. The zero-order valence-electron chi connectivity index (χ0n) is 17.1. The van der Waals surface area contributed by atoms with Crippen LogP contribution in [-0.4, -0.2) is 27.5 Å². The summed E-state index contributed by atoms with van der Waals surface area (Å²) in [5.41, 5.74) is 5.24. The predicted molar refractivity (Wildman–Crippen MR) is 124 cm³/mol. The molecule has 0 spiro atoms. The Kier molecular flexibility index (Phi) is 4.95. The highest BCUT2D eigenvalue weighted by molar-refractivity contribution is 8.02. The highest BCUT2D eigenvalue weighted by Gasteiger charge is 2.53. The Morgan fingerprint density at radius 2 is 1.71 bits per heavy atom. The monoisotopic (exact) mass is 447 g/mol. The van der Waals surface area contributed by atoms with Crippen LogP contribution in [0.5, 0.6) is 0 Å². The number of halogens is 1. The molecule has 2 aliphatic rings. The number of nitrogens with zero attached hydrogens (tertiary/aromatic N) is 2. The van der Waals surface area contributed by atoms with E-state index >= 15 is 0 Å². The maximum atomic E-state index is 13.8.